The summed E-state index contributed by atoms with van der Waals surface area (Å²) in [5.41, 5.74) is -0.621. The summed E-state index contributed by atoms with van der Waals surface area (Å²) < 4.78 is 5.15. The van der Waals surface area contributed by atoms with Crippen molar-refractivity contribution < 1.29 is 19.4 Å². The number of carbonyl (C=O) groups is 2. The molecule has 94 valence electrons. The number of nitrogens with zero attached hydrogens (tertiary/aromatic N) is 2. The summed E-state index contributed by atoms with van der Waals surface area (Å²) in [6, 6.07) is -0.820. The Kier molecular flexibility index (Phi) is 5.52. The van der Waals surface area contributed by atoms with Crippen LogP contribution in [0.15, 0.2) is 0 Å². The molecule has 17 heavy (non-hydrogen) atoms. The Labute approximate surface area is 113 Å². The fourth-order valence-corrected chi connectivity index (χ4v) is 1.58. The Morgan fingerprint density at radius 3 is 2.29 bits per heavy atom. The molecule has 1 aliphatic heterocycles. The van der Waals surface area contributed by atoms with E-state index in [2.05, 4.69) is 0 Å². The van der Waals surface area contributed by atoms with Crippen molar-refractivity contribution in [2.45, 2.75) is 38.8 Å². The van der Waals surface area contributed by atoms with Gasteiger partial charge in [0, 0.05) is 13.6 Å². The van der Waals surface area contributed by atoms with E-state index in [0.717, 1.165) is 5.01 Å². The van der Waals surface area contributed by atoms with Gasteiger partial charge in [0.05, 0.1) is 0 Å². The van der Waals surface area contributed by atoms with Crippen LogP contribution in [0.25, 0.3) is 0 Å². The molecule has 0 spiro atoms. The minimum absolute atomic E-state index is 0. The van der Waals surface area contributed by atoms with E-state index < -0.39 is 23.7 Å². The van der Waals surface area contributed by atoms with Gasteiger partial charge < -0.3 is 9.84 Å². The molecule has 0 aliphatic carbocycles. The number of aliphatic carboxylic acids is 1. The summed E-state index contributed by atoms with van der Waals surface area (Å²) >= 11 is 0. The number of hydrogen-bond acceptors (Lipinski definition) is 4. The van der Waals surface area contributed by atoms with Crippen molar-refractivity contribution >= 4 is 30.9 Å². The number of carboxylic acids is 1. The first-order chi connectivity index (χ1) is 7.22. The van der Waals surface area contributed by atoms with Crippen LogP contribution in [0.5, 0.6) is 0 Å². The van der Waals surface area contributed by atoms with Crippen LogP contribution in [-0.2, 0) is 9.53 Å². The van der Waals surface area contributed by atoms with Crippen LogP contribution in [0, 0.1) is 0 Å². The molecular weight excluding hydrogens is 219 g/mol. The van der Waals surface area contributed by atoms with Crippen molar-refractivity contribution in [2.24, 2.45) is 0 Å². The van der Waals surface area contributed by atoms with Crippen molar-refractivity contribution in [1.82, 2.24) is 10.0 Å². The average molecular weight is 238 g/mol. The number of amides is 1. The Morgan fingerprint density at radius 2 is 1.88 bits per heavy atom. The second-order valence-electron chi connectivity index (χ2n) is 4.85. The molecule has 1 atom stereocenters. The van der Waals surface area contributed by atoms with Crippen LogP contribution in [0.3, 0.4) is 0 Å². The molecule has 0 radical (unpaired) electrons. The second-order valence-corrected chi connectivity index (χ2v) is 4.85. The first-order valence-electron chi connectivity index (χ1n) is 5.18. The maximum absolute atomic E-state index is 11.8. The normalized spacial score (nSPS) is 20.9. The topological polar surface area (TPSA) is 70.1 Å². The average Bonchev–Trinajstić information content (AvgIpc) is 2.43. The quantitative estimate of drug-likeness (QED) is 0.664. The summed E-state index contributed by atoms with van der Waals surface area (Å²) in [7, 11) is 1.67. The van der Waals surface area contributed by atoms with Crippen molar-refractivity contribution in [3.63, 3.8) is 0 Å². The standard InChI is InChI=1S/C10H18N2O4.Li.H/c1-10(2,3)16-9(15)12-7(8(13)14)5-6-11(12)4;;/h7H,5-6H2,1-4H3,(H,13,14);;/t7-;;/m0../s1. The molecule has 1 rings (SSSR count). The van der Waals surface area contributed by atoms with E-state index in [-0.39, 0.29) is 18.9 Å². The van der Waals surface area contributed by atoms with Gasteiger partial charge in [-0.2, -0.15) is 0 Å². The Balaban J connectivity index is 0.00000256. The molecular formula is C10H19LiN2O4. The van der Waals surface area contributed by atoms with E-state index in [9.17, 15) is 9.59 Å². The third-order valence-corrected chi connectivity index (χ3v) is 2.25. The SMILES string of the molecule is CN1CC[C@@H](C(=O)O)N1C(=O)OC(C)(C)C.[LiH]. The van der Waals surface area contributed by atoms with Gasteiger partial charge in [0.25, 0.3) is 0 Å². The van der Waals surface area contributed by atoms with Gasteiger partial charge >= 0.3 is 30.9 Å². The third-order valence-electron chi connectivity index (χ3n) is 2.25. The van der Waals surface area contributed by atoms with E-state index >= 15 is 0 Å². The van der Waals surface area contributed by atoms with Crippen LogP contribution < -0.4 is 0 Å². The van der Waals surface area contributed by atoms with Gasteiger partial charge in [0.2, 0.25) is 0 Å². The zero-order valence-electron chi connectivity index (χ0n) is 10.1. The summed E-state index contributed by atoms with van der Waals surface area (Å²) in [4.78, 5) is 22.7. The summed E-state index contributed by atoms with van der Waals surface area (Å²) in [5, 5.41) is 11.7. The summed E-state index contributed by atoms with van der Waals surface area (Å²) in [6.07, 6.45) is -0.190. The number of hydrogen-bond donors (Lipinski definition) is 1. The van der Waals surface area contributed by atoms with Crippen LogP contribution in [0.1, 0.15) is 27.2 Å². The Morgan fingerprint density at radius 1 is 1.35 bits per heavy atom. The summed E-state index contributed by atoms with van der Waals surface area (Å²) in [5.74, 6) is -1.00. The predicted octanol–water partition coefficient (Wildman–Crippen LogP) is 0.279. The van der Waals surface area contributed by atoms with E-state index in [4.69, 9.17) is 9.84 Å². The van der Waals surface area contributed by atoms with Gasteiger partial charge in [-0.25, -0.2) is 19.6 Å². The van der Waals surface area contributed by atoms with Crippen LogP contribution >= 0.6 is 0 Å². The molecule has 0 saturated carbocycles. The number of carbonyl (C=O) groups excluding carboxylic acids is 1. The van der Waals surface area contributed by atoms with Gasteiger partial charge in [-0.15, -0.1) is 0 Å². The molecule has 0 unspecified atom stereocenters. The van der Waals surface area contributed by atoms with Gasteiger partial charge in [-0.1, -0.05) is 0 Å². The molecule has 1 fully saturated rings. The zero-order chi connectivity index (χ0) is 12.5. The molecule has 1 aliphatic rings. The number of ether oxygens (including phenoxy) is 1. The molecule has 6 nitrogen and oxygen atoms in total. The molecule has 0 aromatic rings. The van der Waals surface area contributed by atoms with Crippen LogP contribution in [0.4, 0.5) is 4.79 Å². The number of hydrazine groups is 1. The molecule has 0 aromatic heterocycles. The van der Waals surface area contributed by atoms with Gasteiger partial charge in [-0.3, -0.25) is 0 Å². The van der Waals surface area contributed by atoms with Gasteiger partial charge in [0.15, 0.2) is 6.04 Å². The molecule has 1 amide bonds. The van der Waals surface area contributed by atoms with E-state index in [1.165, 1.54) is 0 Å². The van der Waals surface area contributed by atoms with Crippen molar-refractivity contribution in [2.75, 3.05) is 13.6 Å². The predicted molar refractivity (Wildman–Crippen MR) is 63.9 cm³/mol. The summed E-state index contributed by atoms with van der Waals surface area (Å²) in [6.45, 7) is 5.78. The third kappa shape index (κ3) is 4.23. The number of carboxylic acid groups (broad SMARTS) is 1. The Bertz CT molecular complexity index is 303. The van der Waals surface area contributed by atoms with E-state index in [1.54, 1.807) is 32.8 Å². The van der Waals surface area contributed by atoms with E-state index in [1.807, 2.05) is 0 Å². The van der Waals surface area contributed by atoms with Crippen LogP contribution in [-0.4, -0.2) is 71.3 Å². The molecule has 1 heterocycles. The molecule has 0 aromatic carbocycles. The fourth-order valence-electron chi connectivity index (χ4n) is 1.58. The van der Waals surface area contributed by atoms with Crippen molar-refractivity contribution in [1.29, 1.82) is 0 Å². The van der Waals surface area contributed by atoms with Crippen molar-refractivity contribution in [3.8, 4) is 0 Å². The molecule has 0 bridgehead atoms. The van der Waals surface area contributed by atoms with Gasteiger partial charge in [0.1, 0.15) is 5.60 Å². The zero-order valence-corrected chi connectivity index (χ0v) is 10.1. The maximum atomic E-state index is 11.8. The number of rotatable bonds is 1. The monoisotopic (exact) mass is 238 g/mol. The van der Waals surface area contributed by atoms with Crippen molar-refractivity contribution in [3.05, 3.63) is 0 Å². The van der Waals surface area contributed by atoms with E-state index in [0.29, 0.717) is 13.0 Å². The fraction of sp³-hybridized carbons (Fsp3) is 0.800. The first kappa shape index (κ1) is 16.3. The second kappa shape index (κ2) is 5.76. The van der Waals surface area contributed by atoms with Crippen LogP contribution in [0.2, 0.25) is 0 Å². The molecule has 1 N–H and O–H groups in total. The minimum atomic E-state index is -1.00. The first-order valence-corrected chi connectivity index (χ1v) is 5.18. The Hall–Kier alpha value is -0.703. The van der Waals surface area contributed by atoms with Gasteiger partial charge in [-0.05, 0) is 27.2 Å². The molecule has 1 saturated heterocycles. The molecule has 7 heteroatoms.